The van der Waals surface area contributed by atoms with Gasteiger partial charge in [0, 0.05) is 33.4 Å². The van der Waals surface area contributed by atoms with E-state index < -0.39 is 0 Å². The van der Waals surface area contributed by atoms with E-state index in [0.717, 1.165) is 39.0 Å². The summed E-state index contributed by atoms with van der Waals surface area (Å²) in [7, 11) is 1.74. The standard InChI is InChI=1S/C12H27NO3/c1-4-15-12(16-5-2)8-10-13-9-6-7-11-14-3/h12-13H,4-11H2,1-3H3. The topological polar surface area (TPSA) is 39.7 Å². The molecule has 0 aliphatic heterocycles. The predicted octanol–water partition coefficient (Wildman–Crippen LogP) is 1.79. The lowest BCUT2D eigenvalue weighted by Gasteiger charge is -2.16. The zero-order valence-corrected chi connectivity index (χ0v) is 11.0. The fourth-order valence-electron chi connectivity index (χ4n) is 1.43. The van der Waals surface area contributed by atoms with Crippen LogP contribution < -0.4 is 5.32 Å². The summed E-state index contributed by atoms with van der Waals surface area (Å²) in [6.45, 7) is 8.22. The average Bonchev–Trinajstić information content (AvgIpc) is 2.28. The third kappa shape index (κ3) is 10.4. The Hall–Kier alpha value is -0.160. The van der Waals surface area contributed by atoms with Gasteiger partial charge in [-0.15, -0.1) is 0 Å². The first kappa shape index (κ1) is 15.8. The second-order valence-corrected chi connectivity index (χ2v) is 3.58. The first-order chi connectivity index (χ1) is 7.85. The summed E-state index contributed by atoms with van der Waals surface area (Å²) in [6, 6.07) is 0. The zero-order chi connectivity index (χ0) is 12.1. The van der Waals surface area contributed by atoms with Crippen LogP contribution in [0.2, 0.25) is 0 Å². The van der Waals surface area contributed by atoms with Gasteiger partial charge in [0.15, 0.2) is 6.29 Å². The van der Waals surface area contributed by atoms with E-state index in [4.69, 9.17) is 14.2 Å². The van der Waals surface area contributed by atoms with Crippen molar-refractivity contribution in [2.45, 2.75) is 39.4 Å². The van der Waals surface area contributed by atoms with Crippen LogP contribution >= 0.6 is 0 Å². The maximum atomic E-state index is 5.45. The molecule has 1 N–H and O–H groups in total. The van der Waals surface area contributed by atoms with Gasteiger partial charge < -0.3 is 19.5 Å². The van der Waals surface area contributed by atoms with Gasteiger partial charge in [-0.25, -0.2) is 0 Å². The molecule has 0 aliphatic rings. The molecule has 0 aliphatic carbocycles. The minimum absolute atomic E-state index is 0.0542. The first-order valence-corrected chi connectivity index (χ1v) is 6.28. The minimum Gasteiger partial charge on any atom is -0.385 e. The smallest absolute Gasteiger partial charge is 0.158 e. The Balaban J connectivity index is 3.25. The highest BCUT2D eigenvalue weighted by molar-refractivity contribution is 4.52. The van der Waals surface area contributed by atoms with Crippen molar-refractivity contribution in [3.8, 4) is 0 Å². The van der Waals surface area contributed by atoms with Crippen molar-refractivity contribution in [3.05, 3.63) is 0 Å². The molecule has 0 saturated heterocycles. The molecule has 0 rings (SSSR count). The normalized spacial score (nSPS) is 11.2. The number of hydrogen-bond donors (Lipinski definition) is 1. The molecule has 0 heterocycles. The molecule has 4 nitrogen and oxygen atoms in total. The SMILES string of the molecule is CCOC(CCNCCCCOC)OCC. The summed E-state index contributed by atoms with van der Waals surface area (Å²) in [5.74, 6) is 0. The van der Waals surface area contributed by atoms with Crippen LogP contribution in [0.15, 0.2) is 0 Å². The van der Waals surface area contributed by atoms with Crippen molar-refractivity contribution in [1.82, 2.24) is 5.32 Å². The van der Waals surface area contributed by atoms with Gasteiger partial charge in [0.1, 0.15) is 0 Å². The fourth-order valence-corrected chi connectivity index (χ4v) is 1.43. The monoisotopic (exact) mass is 233 g/mol. The Morgan fingerprint density at radius 3 is 2.25 bits per heavy atom. The number of ether oxygens (including phenoxy) is 3. The van der Waals surface area contributed by atoms with Crippen molar-refractivity contribution in [2.24, 2.45) is 0 Å². The molecule has 98 valence electrons. The highest BCUT2D eigenvalue weighted by atomic mass is 16.7. The summed E-state index contributed by atoms with van der Waals surface area (Å²) in [6.07, 6.45) is 3.12. The lowest BCUT2D eigenvalue weighted by Crippen LogP contribution is -2.25. The molecule has 0 aromatic heterocycles. The molecule has 16 heavy (non-hydrogen) atoms. The highest BCUT2D eigenvalue weighted by Crippen LogP contribution is 1.99. The van der Waals surface area contributed by atoms with Crippen LogP contribution in [-0.4, -0.2) is 46.3 Å². The van der Waals surface area contributed by atoms with Gasteiger partial charge >= 0.3 is 0 Å². The van der Waals surface area contributed by atoms with Crippen LogP contribution in [-0.2, 0) is 14.2 Å². The Morgan fingerprint density at radius 2 is 1.69 bits per heavy atom. The second kappa shape index (κ2) is 12.9. The van der Waals surface area contributed by atoms with E-state index in [0.29, 0.717) is 13.2 Å². The molecular weight excluding hydrogens is 206 g/mol. The van der Waals surface area contributed by atoms with Crippen LogP contribution in [0.3, 0.4) is 0 Å². The number of methoxy groups -OCH3 is 1. The summed E-state index contributed by atoms with van der Waals surface area (Å²) in [5.41, 5.74) is 0. The molecule has 0 unspecified atom stereocenters. The Bertz CT molecular complexity index is 127. The van der Waals surface area contributed by atoms with Crippen LogP contribution in [0.4, 0.5) is 0 Å². The number of rotatable bonds is 12. The molecule has 0 radical (unpaired) electrons. The van der Waals surface area contributed by atoms with Gasteiger partial charge in [-0.2, -0.15) is 0 Å². The van der Waals surface area contributed by atoms with E-state index in [1.165, 1.54) is 0 Å². The van der Waals surface area contributed by atoms with Crippen molar-refractivity contribution < 1.29 is 14.2 Å². The molecule has 0 bridgehead atoms. The largest absolute Gasteiger partial charge is 0.385 e. The van der Waals surface area contributed by atoms with Gasteiger partial charge in [-0.3, -0.25) is 0 Å². The molecule has 0 aromatic carbocycles. The quantitative estimate of drug-likeness (QED) is 0.412. The summed E-state index contributed by atoms with van der Waals surface area (Å²) in [5, 5.41) is 3.38. The maximum absolute atomic E-state index is 5.45. The van der Waals surface area contributed by atoms with E-state index >= 15 is 0 Å². The number of nitrogens with one attached hydrogen (secondary N) is 1. The van der Waals surface area contributed by atoms with Gasteiger partial charge in [-0.05, 0) is 39.8 Å². The molecule has 0 saturated carbocycles. The lowest BCUT2D eigenvalue weighted by molar-refractivity contribution is -0.138. The third-order valence-corrected chi connectivity index (χ3v) is 2.21. The van der Waals surface area contributed by atoms with Gasteiger partial charge in [0.25, 0.3) is 0 Å². The number of unbranched alkanes of at least 4 members (excludes halogenated alkanes) is 1. The average molecular weight is 233 g/mol. The summed E-state index contributed by atoms with van der Waals surface area (Å²) < 4.78 is 15.9. The van der Waals surface area contributed by atoms with E-state index in [1.54, 1.807) is 7.11 Å². The van der Waals surface area contributed by atoms with Gasteiger partial charge in [0.2, 0.25) is 0 Å². The van der Waals surface area contributed by atoms with Gasteiger partial charge in [0.05, 0.1) is 0 Å². The van der Waals surface area contributed by atoms with E-state index in [9.17, 15) is 0 Å². The van der Waals surface area contributed by atoms with Crippen LogP contribution in [0.5, 0.6) is 0 Å². The van der Waals surface area contributed by atoms with Crippen molar-refractivity contribution >= 4 is 0 Å². The molecule has 0 fully saturated rings. The Kier molecular flexibility index (Phi) is 12.8. The summed E-state index contributed by atoms with van der Waals surface area (Å²) in [4.78, 5) is 0. The number of hydrogen-bond acceptors (Lipinski definition) is 4. The molecule has 0 spiro atoms. The van der Waals surface area contributed by atoms with Crippen LogP contribution in [0, 0.1) is 0 Å². The Labute approximate surface area is 99.6 Å². The van der Waals surface area contributed by atoms with Crippen molar-refractivity contribution in [3.63, 3.8) is 0 Å². The molecule has 0 aromatic rings. The second-order valence-electron chi connectivity index (χ2n) is 3.58. The summed E-state index contributed by atoms with van der Waals surface area (Å²) >= 11 is 0. The predicted molar refractivity (Wildman–Crippen MR) is 65.6 cm³/mol. The Morgan fingerprint density at radius 1 is 1.00 bits per heavy atom. The van der Waals surface area contributed by atoms with Crippen molar-refractivity contribution in [1.29, 1.82) is 0 Å². The van der Waals surface area contributed by atoms with E-state index in [2.05, 4.69) is 5.32 Å². The van der Waals surface area contributed by atoms with Crippen LogP contribution in [0.25, 0.3) is 0 Å². The lowest BCUT2D eigenvalue weighted by atomic mass is 10.3. The molecule has 4 heteroatoms. The van der Waals surface area contributed by atoms with E-state index in [1.807, 2.05) is 13.8 Å². The molecular formula is C12H27NO3. The zero-order valence-electron chi connectivity index (χ0n) is 11.0. The molecule has 0 atom stereocenters. The maximum Gasteiger partial charge on any atom is 0.158 e. The highest BCUT2D eigenvalue weighted by Gasteiger charge is 2.06. The fraction of sp³-hybridized carbons (Fsp3) is 1.00. The van der Waals surface area contributed by atoms with E-state index in [-0.39, 0.29) is 6.29 Å². The third-order valence-electron chi connectivity index (χ3n) is 2.21. The van der Waals surface area contributed by atoms with Crippen LogP contribution in [0.1, 0.15) is 33.1 Å². The van der Waals surface area contributed by atoms with Crippen molar-refractivity contribution in [2.75, 3.05) is 40.0 Å². The van der Waals surface area contributed by atoms with Gasteiger partial charge in [-0.1, -0.05) is 0 Å². The molecule has 0 amide bonds. The minimum atomic E-state index is -0.0542. The first-order valence-electron chi connectivity index (χ1n) is 6.28.